The van der Waals surface area contributed by atoms with Gasteiger partial charge in [-0.3, -0.25) is 4.79 Å². The molecule has 1 aliphatic rings. The molecule has 76 valence electrons. The van der Waals surface area contributed by atoms with E-state index < -0.39 is 0 Å². The molecule has 1 atom stereocenters. The van der Waals surface area contributed by atoms with Crippen LogP contribution in [-0.2, 0) is 14.3 Å². The van der Waals surface area contributed by atoms with Gasteiger partial charge in [-0.05, 0) is 13.5 Å². The van der Waals surface area contributed by atoms with Gasteiger partial charge in [0.25, 0.3) is 0 Å². The molecule has 4 heteroatoms. The number of methoxy groups -OCH3 is 1. The molecule has 1 aliphatic heterocycles. The van der Waals surface area contributed by atoms with Crippen LogP contribution in [0.5, 0.6) is 0 Å². The van der Waals surface area contributed by atoms with Crippen molar-refractivity contribution in [2.45, 2.75) is 18.9 Å². The molecule has 0 saturated carbocycles. The summed E-state index contributed by atoms with van der Waals surface area (Å²) in [4.78, 5) is 13.1. The zero-order chi connectivity index (χ0) is 9.68. The molecule has 0 aromatic rings. The maximum absolute atomic E-state index is 10.8. The molecule has 0 amide bonds. The smallest absolute Gasteiger partial charge is 0.305 e. The molecular formula is C9H17NO3. The summed E-state index contributed by atoms with van der Waals surface area (Å²) in [6.07, 6.45) is 1.41. The quantitative estimate of drug-likeness (QED) is 0.594. The second kappa shape index (κ2) is 5.19. The number of ether oxygens (including phenoxy) is 2. The van der Waals surface area contributed by atoms with Crippen molar-refractivity contribution >= 4 is 5.97 Å². The Morgan fingerprint density at radius 2 is 2.46 bits per heavy atom. The third kappa shape index (κ3) is 3.74. The lowest BCUT2D eigenvalue weighted by Gasteiger charge is -2.29. The second-order valence-electron chi connectivity index (χ2n) is 3.37. The number of morpholine rings is 1. The summed E-state index contributed by atoms with van der Waals surface area (Å²) in [6.45, 7) is 2.66. The summed E-state index contributed by atoms with van der Waals surface area (Å²) in [5, 5.41) is 0. The van der Waals surface area contributed by atoms with Gasteiger partial charge in [-0.15, -0.1) is 0 Å². The van der Waals surface area contributed by atoms with E-state index >= 15 is 0 Å². The van der Waals surface area contributed by atoms with E-state index in [1.165, 1.54) is 7.11 Å². The predicted octanol–water partition coefficient (Wildman–Crippen LogP) is 0.270. The molecule has 1 saturated heterocycles. The van der Waals surface area contributed by atoms with Crippen molar-refractivity contribution in [2.75, 3.05) is 33.9 Å². The van der Waals surface area contributed by atoms with Gasteiger partial charge in [-0.2, -0.15) is 0 Å². The lowest BCUT2D eigenvalue weighted by atomic mass is 10.1. The Bertz CT molecular complexity index is 172. The summed E-state index contributed by atoms with van der Waals surface area (Å²) in [5.41, 5.74) is 0. The predicted molar refractivity (Wildman–Crippen MR) is 48.5 cm³/mol. The molecule has 1 heterocycles. The summed E-state index contributed by atoms with van der Waals surface area (Å²) in [5.74, 6) is -0.156. The zero-order valence-electron chi connectivity index (χ0n) is 8.28. The first-order valence-corrected chi connectivity index (χ1v) is 4.59. The van der Waals surface area contributed by atoms with Gasteiger partial charge in [0.15, 0.2) is 0 Å². The van der Waals surface area contributed by atoms with Gasteiger partial charge in [-0.1, -0.05) is 0 Å². The fourth-order valence-corrected chi connectivity index (χ4v) is 1.42. The molecule has 0 N–H and O–H groups in total. The highest BCUT2D eigenvalue weighted by atomic mass is 16.5. The molecule has 0 aliphatic carbocycles. The van der Waals surface area contributed by atoms with Gasteiger partial charge in [0.2, 0.25) is 0 Å². The molecule has 0 unspecified atom stereocenters. The lowest BCUT2D eigenvalue weighted by Crippen LogP contribution is -2.40. The topological polar surface area (TPSA) is 38.8 Å². The van der Waals surface area contributed by atoms with Crippen molar-refractivity contribution in [2.24, 2.45) is 0 Å². The Morgan fingerprint density at radius 1 is 1.69 bits per heavy atom. The maximum Gasteiger partial charge on any atom is 0.305 e. The van der Waals surface area contributed by atoms with Crippen LogP contribution in [0.1, 0.15) is 12.8 Å². The van der Waals surface area contributed by atoms with Crippen LogP contribution in [0.15, 0.2) is 0 Å². The Labute approximate surface area is 78.8 Å². The molecule has 4 nitrogen and oxygen atoms in total. The number of hydrogen-bond acceptors (Lipinski definition) is 4. The highest BCUT2D eigenvalue weighted by molar-refractivity contribution is 5.69. The first-order chi connectivity index (χ1) is 6.22. The molecular weight excluding hydrogens is 170 g/mol. The number of rotatable bonds is 3. The minimum atomic E-state index is -0.156. The monoisotopic (exact) mass is 187 g/mol. The van der Waals surface area contributed by atoms with E-state index in [1.54, 1.807) is 0 Å². The van der Waals surface area contributed by atoms with Crippen molar-refractivity contribution in [3.05, 3.63) is 0 Å². The average Bonchev–Trinajstić information content (AvgIpc) is 2.14. The minimum Gasteiger partial charge on any atom is -0.469 e. The Morgan fingerprint density at radius 3 is 3.08 bits per heavy atom. The van der Waals surface area contributed by atoms with E-state index in [4.69, 9.17) is 4.74 Å². The van der Waals surface area contributed by atoms with Gasteiger partial charge in [0, 0.05) is 19.5 Å². The second-order valence-corrected chi connectivity index (χ2v) is 3.37. The maximum atomic E-state index is 10.8. The summed E-state index contributed by atoms with van der Waals surface area (Å²) >= 11 is 0. The number of hydrogen-bond donors (Lipinski definition) is 0. The third-order valence-corrected chi connectivity index (χ3v) is 2.24. The summed E-state index contributed by atoms with van der Waals surface area (Å²) in [7, 11) is 3.48. The van der Waals surface area contributed by atoms with Gasteiger partial charge in [0.05, 0.1) is 19.8 Å². The molecule has 13 heavy (non-hydrogen) atoms. The van der Waals surface area contributed by atoms with Crippen LogP contribution < -0.4 is 0 Å². The van der Waals surface area contributed by atoms with Crippen molar-refractivity contribution < 1.29 is 14.3 Å². The van der Waals surface area contributed by atoms with Crippen LogP contribution in [0.25, 0.3) is 0 Å². The first-order valence-electron chi connectivity index (χ1n) is 4.59. The molecule has 0 bridgehead atoms. The Kier molecular flexibility index (Phi) is 4.18. The first kappa shape index (κ1) is 10.5. The van der Waals surface area contributed by atoms with Crippen LogP contribution >= 0.6 is 0 Å². The highest BCUT2D eigenvalue weighted by Gasteiger charge is 2.18. The highest BCUT2D eigenvalue weighted by Crippen LogP contribution is 2.09. The van der Waals surface area contributed by atoms with E-state index in [-0.39, 0.29) is 12.1 Å². The molecule has 0 aromatic carbocycles. The molecule has 0 spiro atoms. The number of likely N-dealkylation sites (N-methyl/N-ethyl adjacent to an activating group) is 1. The molecule has 1 rings (SSSR count). The molecule has 0 radical (unpaired) electrons. The van der Waals surface area contributed by atoms with Crippen LogP contribution in [0.4, 0.5) is 0 Å². The van der Waals surface area contributed by atoms with Gasteiger partial charge >= 0.3 is 5.97 Å². The summed E-state index contributed by atoms with van der Waals surface area (Å²) < 4.78 is 10.1. The van der Waals surface area contributed by atoms with Crippen LogP contribution in [-0.4, -0.2) is 50.8 Å². The average molecular weight is 187 g/mol. The van der Waals surface area contributed by atoms with Crippen LogP contribution in [0, 0.1) is 0 Å². The van der Waals surface area contributed by atoms with E-state index in [0.29, 0.717) is 6.42 Å². The summed E-state index contributed by atoms with van der Waals surface area (Å²) in [6, 6.07) is 0. The normalized spacial score (nSPS) is 24.3. The number of carbonyl (C=O) groups excluding carboxylic acids is 1. The van der Waals surface area contributed by atoms with Crippen molar-refractivity contribution in [3.63, 3.8) is 0 Å². The number of carbonyl (C=O) groups is 1. The van der Waals surface area contributed by atoms with Crippen molar-refractivity contribution in [1.29, 1.82) is 0 Å². The third-order valence-electron chi connectivity index (χ3n) is 2.24. The standard InChI is InChI=1S/C9H17NO3/c1-10-5-6-13-8(7-10)3-4-9(11)12-2/h8H,3-7H2,1-2H3/t8-/m1/s1. The minimum absolute atomic E-state index is 0.156. The van der Waals surface area contributed by atoms with E-state index in [9.17, 15) is 4.79 Å². The van der Waals surface area contributed by atoms with Gasteiger partial charge < -0.3 is 14.4 Å². The number of esters is 1. The van der Waals surface area contributed by atoms with E-state index in [0.717, 1.165) is 26.1 Å². The fraction of sp³-hybridized carbons (Fsp3) is 0.889. The lowest BCUT2D eigenvalue weighted by molar-refractivity contribution is -0.141. The van der Waals surface area contributed by atoms with Crippen LogP contribution in [0.2, 0.25) is 0 Å². The molecule has 0 aromatic heterocycles. The Balaban J connectivity index is 2.17. The largest absolute Gasteiger partial charge is 0.469 e. The van der Waals surface area contributed by atoms with Crippen molar-refractivity contribution in [1.82, 2.24) is 4.90 Å². The Hall–Kier alpha value is -0.610. The van der Waals surface area contributed by atoms with Gasteiger partial charge in [0.1, 0.15) is 0 Å². The SMILES string of the molecule is COC(=O)CC[C@@H]1CN(C)CCO1. The molecule has 1 fully saturated rings. The fourth-order valence-electron chi connectivity index (χ4n) is 1.42. The zero-order valence-corrected chi connectivity index (χ0v) is 8.28. The van der Waals surface area contributed by atoms with E-state index in [2.05, 4.69) is 16.7 Å². The number of nitrogens with zero attached hydrogens (tertiary/aromatic N) is 1. The van der Waals surface area contributed by atoms with Crippen LogP contribution in [0.3, 0.4) is 0 Å². The van der Waals surface area contributed by atoms with Crippen molar-refractivity contribution in [3.8, 4) is 0 Å². The van der Waals surface area contributed by atoms with Gasteiger partial charge in [-0.25, -0.2) is 0 Å². The van der Waals surface area contributed by atoms with E-state index in [1.807, 2.05) is 0 Å².